The summed E-state index contributed by atoms with van der Waals surface area (Å²) in [6, 6.07) is 13.8. The predicted molar refractivity (Wildman–Crippen MR) is 82.3 cm³/mol. The first-order valence-corrected chi connectivity index (χ1v) is 6.80. The number of rotatable bonds is 3. The number of fused-ring (bicyclic) bond motifs is 1. The highest BCUT2D eigenvalue weighted by atomic mass is 16.4. The van der Waals surface area contributed by atoms with E-state index in [0.29, 0.717) is 5.82 Å². The Morgan fingerprint density at radius 2 is 1.81 bits per heavy atom. The number of hydrogen-bond donors (Lipinski definition) is 1. The summed E-state index contributed by atoms with van der Waals surface area (Å²) in [5.74, 6) is -0.172. The van der Waals surface area contributed by atoms with Gasteiger partial charge in [0.1, 0.15) is 12.4 Å². The fourth-order valence-corrected chi connectivity index (χ4v) is 2.69. The topological polar surface area (TPSA) is 55.1 Å². The first-order valence-electron chi connectivity index (χ1n) is 6.80. The van der Waals surface area contributed by atoms with Crippen LogP contribution in [-0.2, 0) is 11.3 Å². The molecule has 4 nitrogen and oxygen atoms in total. The van der Waals surface area contributed by atoms with Gasteiger partial charge in [-0.05, 0) is 38.1 Å². The molecule has 3 aromatic rings. The van der Waals surface area contributed by atoms with Crippen LogP contribution in [0.2, 0.25) is 0 Å². The van der Waals surface area contributed by atoms with Crippen molar-refractivity contribution in [1.29, 1.82) is 0 Å². The van der Waals surface area contributed by atoms with Crippen molar-refractivity contribution < 1.29 is 9.90 Å². The Kier molecular flexibility index (Phi) is 3.22. The highest BCUT2D eigenvalue weighted by molar-refractivity contribution is 5.83. The third-order valence-electron chi connectivity index (χ3n) is 3.43. The number of carboxylic acid groups (broad SMARTS) is 1. The number of nitrogens with zero attached hydrogens (tertiary/aromatic N) is 2. The average molecular weight is 280 g/mol. The van der Waals surface area contributed by atoms with Gasteiger partial charge in [0.2, 0.25) is 0 Å². The van der Waals surface area contributed by atoms with Crippen LogP contribution in [0.4, 0.5) is 0 Å². The van der Waals surface area contributed by atoms with Gasteiger partial charge in [-0.1, -0.05) is 29.3 Å². The van der Waals surface area contributed by atoms with E-state index in [1.807, 2.05) is 50.2 Å². The molecule has 0 radical (unpaired) electrons. The second-order valence-electron chi connectivity index (χ2n) is 5.28. The molecule has 2 aromatic carbocycles. The summed E-state index contributed by atoms with van der Waals surface area (Å²) >= 11 is 0. The molecule has 0 aliphatic carbocycles. The standard InChI is InChI=1S/C17H16N2O2/c1-11-7-12(2)9-13(8-11)17-18-14-5-3-4-6-15(14)19(17)10-16(20)21/h3-9H,10H2,1-2H3,(H,20,21). The maximum atomic E-state index is 11.2. The van der Waals surface area contributed by atoms with E-state index in [-0.39, 0.29) is 6.54 Å². The molecule has 0 spiro atoms. The fraction of sp³-hybridized carbons (Fsp3) is 0.176. The van der Waals surface area contributed by atoms with Gasteiger partial charge in [0, 0.05) is 5.56 Å². The van der Waals surface area contributed by atoms with Gasteiger partial charge in [-0.2, -0.15) is 0 Å². The Hall–Kier alpha value is -2.62. The van der Waals surface area contributed by atoms with Crippen LogP contribution < -0.4 is 0 Å². The molecule has 1 heterocycles. The zero-order valence-corrected chi connectivity index (χ0v) is 12.0. The summed E-state index contributed by atoms with van der Waals surface area (Å²) in [6.07, 6.45) is 0. The molecule has 0 saturated heterocycles. The number of carbonyl (C=O) groups is 1. The van der Waals surface area contributed by atoms with Crippen molar-refractivity contribution in [2.75, 3.05) is 0 Å². The predicted octanol–water partition coefficient (Wildman–Crippen LogP) is 3.40. The van der Waals surface area contributed by atoms with Gasteiger partial charge in [0.05, 0.1) is 11.0 Å². The molecule has 1 N–H and O–H groups in total. The Morgan fingerprint density at radius 1 is 1.14 bits per heavy atom. The molecule has 0 unspecified atom stereocenters. The lowest BCUT2D eigenvalue weighted by Gasteiger charge is -2.08. The molecule has 0 amide bonds. The number of aryl methyl sites for hydroxylation is 2. The molecule has 106 valence electrons. The lowest BCUT2D eigenvalue weighted by atomic mass is 10.1. The molecule has 4 heteroatoms. The molecular weight excluding hydrogens is 264 g/mol. The number of para-hydroxylation sites is 2. The number of hydrogen-bond acceptors (Lipinski definition) is 2. The molecule has 1 aromatic heterocycles. The third-order valence-corrected chi connectivity index (χ3v) is 3.43. The van der Waals surface area contributed by atoms with Crippen molar-refractivity contribution in [2.24, 2.45) is 0 Å². The van der Waals surface area contributed by atoms with Crippen LogP contribution >= 0.6 is 0 Å². The maximum Gasteiger partial charge on any atom is 0.323 e. The molecule has 3 rings (SSSR count). The zero-order chi connectivity index (χ0) is 15.0. The van der Waals surface area contributed by atoms with Crippen LogP contribution in [-0.4, -0.2) is 20.6 Å². The molecule has 0 fully saturated rings. The molecule has 0 aliphatic rings. The van der Waals surface area contributed by atoms with E-state index in [4.69, 9.17) is 0 Å². The minimum absolute atomic E-state index is 0.0944. The average Bonchev–Trinajstić information content (AvgIpc) is 2.76. The number of aromatic nitrogens is 2. The second kappa shape index (κ2) is 5.05. The monoisotopic (exact) mass is 280 g/mol. The summed E-state index contributed by atoms with van der Waals surface area (Å²) in [7, 11) is 0. The summed E-state index contributed by atoms with van der Waals surface area (Å²) in [5.41, 5.74) is 4.88. The van der Waals surface area contributed by atoms with Gasteiger partial charge in [-0.15, -0.1) is 0 Å². The van der Waals surface area contributed by atoms with Crippen LogP contribution in [0.5, 0.6) is 0 Å². The Labute approximate surface area is 122 Å². The fourth-order valence-electron chi connectivity index (χ4n) is 2.69. The van der Waals surface area contributed by atoms with E-state index >= 15 is 0 Å². The molecular formula is C17H16N2O2. The summed E-state index contributed by atoms with van der Waals surface area (Å²) < 4.78 is 1.76. The van der Waals surface area contributed by atoms with E-state index in [1.54, 1.807) is 4.57 Å². The third kappa shape index (κ3) is 2.52. The molecule has 21 heavy (non-hydrogen) atoms. The SMILES string of the molecule is Cc1cc(C)cc(-c2nc3ccccc3n2CC(=O)O)c1. The first-order chi connectivity index (χ1) is 10.0. The summed E-state index contributed by atoms with van der Waals surface area (Å²) in [6.45, 7) is 3.96. The zero-order valence-electron chi connectivity index (χ0n) is 12.0. The second-order valence-corrected chi connectivity index (χ2v) is 5.28. The normalized spacial score (nSPS) is 11.0. The molecule has 0 saturated carbocycles. The van der Waals surface area contributed by atoms with Gasteiger partial charge in [-0.25, -0.2) is 4.98 Å². The lowest BCUT2D eigenvalue weighted by Crippen LogP contribution is -2.10. The van der Waals surface area contributed by atoms with E-state index in [9.17, 15) is 9.90 Å². The van der Waals surface area contributed by atoms with Crippen LogP contribution in [0.25, 0.3) is 22.4 Å². The van der Waals surface area contributed by atoms with Crippen molar-refractivity contribution in [3.05, 3.63) is 53.6 Å². The van der Waals surface area contributed by atoms with E-state index in [1.165, 1.54) is 0 Å². The van der Waals surface area contributed by atoms with Crippen molar-refractivity contribution in [3.63, 3.8) is 0 Å². The molecule has 0 atom stereocenters. The van der Waals surface area contributed by atoms with Crippen LogP contribution in [0, 0.1) is 13.8 Å². The lowest BCUT2D eigenvalue weighted by molar-refractivity contribution is -0.137. The number of imidazole rings is 1. The quantitative estimate of drug-likeness (QED) is 0.800. The Bertz CT molecular complexity index is 814. The smallest absolute Gasteiger partial charge is 0.323 e. The number of carboxylic acids is 1. The van der Waals surface area contributed by atoms with Gasteiger partial charge in [0.25, 0.3) is 0 Å². The number of benzene rings is 2. The van der Waals surface area contributed by atoms with Crippen molar-refractivity contribution in [1.82, 2.24) is 9.55 Å². The van der Waals surface area contributed by atoms with Gasteiger partial charge < -0.3 is 9.67 Å². The Morgan fingerprint density at radius 3 is 2.48 bits per heavy atom. The molecule has 0 bridgehead atoms. The first kappa shape index (κ1) is 13.4. The Balaban J connectivity index is 2.27. The van der Waals surface area contributed by atoms with E-state index in [2.05, 4.69) is 11.1 Å². The van der Waals surface area contributed by atoms with Crippen molar-refractivity contribution in [2.45, 2.75) is 20.4 Å². The van der Waals surface area contributed by atoms with Crippen LogP contribution in [0.1, 0.15) is 11.1 Å². The summed E-state index contributed by atoms with van der Waals surface area (Å²) in [5, 5.41) is 9.18. The highest BCUT2D eigenvalue weighted by Crippen LogP contribution is 2.26. The van der Waals surface area contributed by atoms with Crippen LogP contribution in [0.15, 0.2) is 42.5 Å². The number of aliphatic carboxylic acids is 1. The minimum atomic E-state index is -0.872. The maximum absolute atomic E-state index is 11.2. The minimum Gasteiger partial charge on any atom is -0.480 e. The van der Waals surface area contributed by atoms with Gasteiger partial charge in [0.15, 0.2) is 0 Å². The van der Waals surface area contributed by atoms with Crippen molar-refractivity contribution in [3.8, 4) is 11.4 Å². The molecule has 0 aliphatic heterocycles. The van der Waals surface area contributed by atoms with Crippen LogP contribution in [0.3, 0.4) is 0 Å². The summed E-state index contributed by atoms with van der Waals surface area (Å²) in [4.78, 5) is 15.8. The largest absolute Gasteiger partial charge is 0.480 e. The highest BCUT2D eigenvalue weighted by Gasteiger charge is 2.14. The van der Waals surface area contributed by atoms with E-state index < -0.39 is 5.97 Å². The van der Waals surface area contributed by atoms with Crippen molar-refractivity contribution >= 4 is 17.0 Å². The van der Waals surface area contributed by atoms with Gasteiger partial charge in [-0.3, -0.25) is 4.79 Å². The van der Waals surface area contributed by atoms with Gasteiger partial charge >= 0.3 is 5.97 Å². The van der Waals surface area contributed by atoms with E-state index in [0.717, 1.165) is 27.7 Å².